The zero-order chi connectivity index (χ0) is 12.8. The van der Waals surface area contributed by atoms with E-state index in [-0.39, 0.29) is 0 Å². The Morgan fingerprint density at radius 1 is 1.44 bits per heavy atom. The molecule has 0 bridgehead atoms. The van der Waals surface area contributed by atoms with Gasteiger partial charge in [0, 0.05) is 27.5 Å². The molecule has 1 aromatic carbocycles. The SMILES string of the molecule is CCCNCc1ccc(Br)cc1Sc1nccs1. The summed E-state index contributed by atoms with van der Waals surface area (Å²) in [6, 6.07) is 6.42. The molecule has 0 radical (unpaired) electrons. The van der Waals surface area contributed by atoms with Crippen LogP contribution in [0, 0.1) is 0 Å². The highest BCUT2D eigenvalue weighted by Crippen LogP contribution is 2.33. The smallest absolute Gasteiger partial charge is 0.154 e. The highest BCUT2D eigenvalue weighted by Gasteiger charge is 2.06. The predicted molar refractivity (Wildman–Crippen MR) is 82.4 cm³/mol. The number of hydrogen-bond acceptors (Lipinski definition) is 4. The molecule has 1 aromatic heterocycles. The van der Waals surface area contributed by atoms with Crippen LogP contribution in [0.3, 0.4) is 0 Å². The molecular weight excluding hydrogens is 328 g/mol. The van der Waals surface area contributed by atoms with Gasteiger partial charge in [0.15, 0.2) is 4.34 Å². The van der Waals surface area contributed by atoms with Gasteiger partial charge in [-0.2, -0.15) is 0 Å². The van der Waals surface area contributed by atoms with Crippen molar-refractivity contribution in [3.05, 3.63) is 39.8 Å². The van der Waals surface area contributed by atoms with E-state index in [1.54, 1.807) is 23.1 Å². The first-order valence-electron chi connectivity index (χ1n) is 5.86. The summed E-state index contributed by atoms with van der Waals surface area (Å²) in [5.74, 6) is 0. The summed E-state index contributed by atoms with van der Waals surface area (Å²) in [5.41, 5.74) is 1.33. The van der Waals surface area contributed by atoms with Gasteiger partial charge in [-0.05, 0) is 30.7 Å². The van der Waals surface area contributed by atoms with Gasteiger partial charge in [0.1, 0.15) is 0 Å². The fourth-order valence-corrected chi connectivity index (χ4v) is 3.78. The molecule has 0 unspecified atom stereocenters. The van der Waals surface area contributed by atoms with Crippen molar-refractivity contribution in [3.8, 4) is 0 Å². The molecule has 5 heteroatoms. The Balaban J connectivity index is 2.12. The van der Waals surface area contributed by atoms with E-state index < -0.39 is 0 Å². The molecule has 1 N–H and O–H groups in total. The molecule has 0 amide bonds. The molecule has 1 heterocycles. The zero-order valence-electron chi connectivity index (χ0n) is 10.1. The maximum absolute atomic E-state index is 4.32. The summed E-state index contributed by atoms with van der Waals surface area (Å²) < 4.78 is 2.20. The summed E-state index contributed by atoms with van der Waals surface area (Å²) in [5, 5.41) is 5.45. The molecule has 0 aliphatic heterocycles. The van der Waals surface area contributed by atoms with Crippen LogP contribution in [0.4, 0.5) is 0 Å². The second kappa shape index (κ2) is 7.28. The maximum atomic E-state index is 4.32. The predicted octanol–water partition coefficient (Wildman–Crippen LogP) is 4.56. The highest BCUT2D eigenvalue weighted by atomic mass is 79.9. The standard InChI is InChI=1S/C13H15BrN2S2/c1-2-5-15-9-10-3-4-11(14)8-12(10)18-13-16-6-7-17-13/h3-4,6-8,15H,2,5,9H2,1H3. The first-order chi connectivity index (χ1) is 8.79. The van der Waals surface area contributed by atoms with Gasteiger partial charge in [-0.15, -0.1) is 11.3 Å². The molecular formula is C13H15BrN2S2. The Hall–Kier alpha value is -0.360. The number of nitrogens with zero attached hydrogens (tertiary/aromatic N) is 1. The fraction of sp³-hybridized carbons (Fsp3) is 0.308. The van der Waals surface area contributed by atoms with Crippen LogP contribution in [0.15, 0.2) is 43.5 Å². The molecule has 18 heavy (non-hydrogen) atoms. The lowest BCUT2D eigenvalue weighted by molar-refractivity contribution is 0.669. The van der Waals surface area contributed by atoms with Crippen LogP contribution >= 0.6 is 39.0 Å². The van der Waals surface area contributed by atoms with Crippen LogP contribution in [0.2, 0.25) is 0 Å². The lowest BCUT2D eigenvalue weighted by Gasteiger charge is -2.09. The number of hydrogen-bond donors (Lipinski definition) is 1. The largest absolute Gasteiger partial charge is 0.313 e. The molecule has 0 saturated carbocycles. The zero-order valence-corrected chi connectivity index (χ0v) is 13.4. The third-order valence-electron chi connectivity index (χ3n) is 2.38. The van der Waals surface area contributed by atoms with Crippen LogP contribution in [0.25, 0.3) is 0 Å². The minimum atomic E-state index is 0.912. The highest BCUT2D eigenvalue weighted by molar-refractivity contribution is 9.10. The molecule has 0 aliphatic carbocycles. The van der Waals surface area contributed by atoms with Crippen molar-refractivity contribution in [2.45, 2.75) is 29.1 Å². The Bertz CT molecular complexity index is 486. The number of aromatic nitrogens is 1. The Kier molecular flexibility index (Phi) is 5.69. The lowest BCUT2D eigenvalue weighted by Crippen LogP contribution is -2.14. The minimum absolute atomic E-state index is 0.912. The van der Waals surface area contributed by atoms with Crippen LogP contribution in [-0.4, -0.2) is 11.5 Å². The average Bonchev–Trinajstić information content (AvgIpc) is 2.85. The molecule has 2 nitrogen and oxygen atoms in total. The summed E-state index contributed by atoms with van der Waals surface area (Å²) in [4.78, 5) is 5.59. The molecule has 0 aliphatic rings. The van der Waals surface area contributed by atoms with Crippen molar-refractivity contribution < 1.29 is 0 Å². The van der Waals surface area contributed by atoms with Crippen LogP contribution in [-0.2, 0) is 6.54 Å². The van der Waals surface area contributed by atoms with Crippen LogP contribution in [0.1, 0.15) is 18.9 Å². The first-order valence-corrected chi connectivity index (χ1v) is 8.35. The molecule has 0 atom stereocenters. The number of thiazole rings is 1. The summed E-state index contributed by atoms with van der Waals surface area (Å²) in [6.07, 6.45) is 3.01. The average molecular weight is 343 g/mol. The van der Waals surface area contributed by atoms with Crippen molar-refractivity contribution in [2.24, 2.45) is 0 Å². The van der Waals surface area contributed by atoms with Gasteiger partial charge >= 0.3 is 0 Å². The van der Waals surface area contributed by atoms with E-state index >= 15 is 0 Å². The van der Waals surface area contributed by atoms with Crippen molar-refractivity contribution in [3.63, 3.8) is 0 Å². The second-order valence-electron chi connectivity index (χ2n) is 3.83. The number of benzene rings is 1. The van der Waals surface area contributed by atoms with Gasteiger partial charge in [0.25, 0.3) is 0 Å². The van der Waals surface area contributed by atoms with E-state index in [0.29, 0.717) is 0 Å². The van der Waals surface area contributed by atoms with Gasteiger partial charge in [0.05, 0.1) is 0 Å². The summed E-state index contributed by atoms with van der Waals surface area (Å²) in [6.45, 7) is 4.14. The Morgan fingerprint density at radius 3 is 3.06 bits per heavy atom. The lowest BCUT2D eigenvalue weighted by atomic mass is 10.2. The van der Waals surface area contributed by atoms with Crippen molar-refractivity contribution in [2.75, 3.05) is 6.54 Å². The van der Waals surface area contributed by atoms with E-state index in [1.807, 2.05) is 11.6 Å². The van der Waals surface area contributed by atoms with Gasteiger partial charge in [0.2, 0.25) is 0 Å². The van der Waals surface area contributed by atoms with Crippen molar-refractivity contribution >= 4 is 39.0 Å². The molecule has 96 valence electrons. The Morgan fingerprint density at radius 2 is 2.33 bits per heavy atom. The van der Waals surface area contributed by atoms with Crippen LogP contribution in [0.5, 0.6) is 0 Å². The maximum Gasteiger partial charge on any atom is 0.154 e. The van der Waals surface area contributed by atoms with Gasteiger partial charge in [-0.25, -0.2) is 4.98 Å². The van der Waals surface area contributed by atoms with E-state index in [4.69, 9.17) is 0 Å². The van der Waals surface area contributed by atoms with E-state index in [0.717, 1.165) is 28.3 Å². The van der Waals surface area contributed by atoms with Crippen molar-refractivity contribution in [1.82, 2.24) is 10.3 Å². The second-order valence-corrected chi connectivity index (χ2v) is 6.93. The summed E-state index contributed by atoms with van der Waals surface area (Å²) >= 11 is 6.94. The van der Waals surface area contributed by atoms with Crippen molar-refractivity contribution in [1.29, 1.82) is 0 Å². The number of nitrogens with one attached hydrogen (secondary N) is 1. The molecule has 0 saturated heterocycles. The van der Waals surface area contributed by atoms with Gasteiger partial charge in [-0.1, -0.05) is 40.7 Å². The van der Waals surface area contributed by atoms with E-state index in [9.17, 15) is 0 Å². The quantitative estimate of drug-likeness (QED) is 0.779. The fourth-order valence-electron chi connectivity index (χ4n) is 1.52. The molecule has 0 fully saturated rings. The van der Waals surface area contributed by atoms with Crippen LogP contribution < -0.4 is 5.32 Å². The minimum Gasteiger partial charge on any atom is -0.313 e. The number of halogens is 1. The first kappa shape index (κ1) is 14.1. The molecule has 2 rings (SSSR count). The normalized spacial score (nSPS) is 10.8. The van der Waals surface area contributed by atoms with Gasteiger partial charge < -0.3 is 5.32 Å². The topological polar surface area (TPSA) is 24.9 Å². The monoisotopic (exact) mass is 342 g/mol. The van der Waals surface area contributed by atoms with E-state index in [1.165, 1.54) is 10.5 Å². The summed E-state index contributed by atoms with van der Waals surface area (Å²) in [7, 11) is 0. The Labute approximate surface area is 124 Å². The van der Waals surface area contributed by atoms with Gasteiger partial charge in [-0.3, -0.25) is 0 Å². The molecule has 0 spiro atoms. The third kappa shape index (κ3) is 4.09. The molecule has 2 aromatic rings. The van der Waals surface area contributed by atoms with E-state index in [2.05, 4.69) is 51.4 Å². The number of rotatable bonds is 6. The third-order valence-corrected chi connectivity index (χ3v) is 4.86.